The molecule has 0 bridgehead atoms. The highest BCUT2D eigenvalue weighted by molar-refractivity contribution is 5.76. The van der Waals surface area contributed by atoms with Crippen LogP contribution in [0.25, 0.3) is 0 Å². The number of benzene rings is 1. The van der Waals surface area contributed by atoms with Crippen LogP contribution in [0.5, 0.6) is 5.75 Å². The summed E-state index contributed by atoms with van der Waals surface area (Å²) in [6, 6.07) is 14.2. The molecule has 2 heterocycles. The minimum atomic E-state index is -0.0458. The van der Waals surface area contributed by atoms with Crippen LogP contribution in [0.1, 0.15) is 50.4 Å². The van der Waals surface area contributed by atoms with E-state index < -0.39 is 0 Å². The number of carbonyl (C=O) groups excluding carboxylic acids is 1. The SMILES string of the molecule is COc1cccc(CN2CCC[C@@H]([C@H](NC(=O)CC(C)C)c3ccccn3)C2)c1. The first kappa shape index (κ1) is 21.3. The molecule has 0 radical (unpaired) electrons. The quantitative estimate of drug-likeness (QED) is 0.728. The van der Waals surface area contributed by atoms with Gasteiger partial charge in [-0.25, -0.2) is 0 Å². The van der Waals surface area contributed by atoms with Crippen LogP contribution in [0.4, 0.5) is 0 Å². The van der Waals surface area contributed by atoms with E-state index in [0.717, 1.165) is 43.9 Å². The fourth-order valence-corrected chi connectivity index (χ4v) is 4.13. The van der Waals surface area contributed by atoms with Crippen molar-refractivity contribution in [1.29, 1.82) is 0 Å². The highest BCUT2D eigenvalue weighted by atomic mass is 16.5. The van der Waals surface area contributed by atoms with Gasteiger partial charge in [0.25, 0.3) is 0 Å². The number of pyridine rings is 1. The Bertz CT molecular complexity index is 779. The molecule has 0 spiro atoms. The van der Waals surface area contributed by atoms with Gasteiger partial charge in [0.05, 0.1) is 18.8 Å². The zero-order valence-corrected chi connectivity index (χ0v) is 17.8. The van der Waals surface area contributed by atoms with E-state index in [-0.39, 0.29) is 11.9 Å². The van der Waals surface area contributed by atoms with Gasteiger partial charge in [-0.1, -0.05) is 32.0 Å². The van der Waals surface area contributed by atoms with Crippen molar-refractivity contribution >= 4 is 5.91 Å². The molecule has 156 valence electrons. The number of hydrogen-bond acceptors (Lipinski definition) is 4. The lowest BCUT2D eigenvalue weighted by Gasteiger charge is -2.37. The van der Waals surface area contributed by atoms with E-state index in [1.165, 1.54) is 5.56 Å². The average Bonchev–Trinajstić information content (AvgIpc) is 2.72. The number of likely N-dealkylation sites (tertiary alicyclic amines) is 1. The van der Waals surface area contributed by atoms with Gasteiger partial charge in [0.15, 0.2) is 0 Å². The van der Waals surface area contributed by atoms with Gasteiger partial charge in [-0.05, 0) is 61.1 Å². The molecular weight excluding hydrogens is 362 g/mol. The molecular formula is C24H33N3O2. The molecule has 0 aliphatic carbocycles. The second-order valence-electron chi connectivity index (χ2n) is 8.39. The third-order valence-corrected chi connectivity index (χ3v) is 5.47. The molecule has 2 atom stereocenters. The number of nitrogens with one attached hydrogen (secondary N) is 1. The fourth-order valence-electron chi connectivity index (χ4n) is 4.13. The molecule has 1 aromatic carbocycles. The Kier molecular flexibility index (Phi) is 7.64. The molecule has 29 heavy (non-hydrogen) atoms. The summed E-state index contributed by atoms with van der Waals surface area (Å²) in [5.41, 5.74) is 2.21. The molecule has 1 N–H and O–H groups in total. The van der Waals surface area contributed by atoms with Crippen molar-refractivity contribution in [1.82, 2.24) is 15.2 Å². The third kappa shape index (κ3) is 6.29. The van der Waals surface area contributed by atoms with Crippen molar-refractivity contribution in [3.05, 3.63) is 59.9 Å². The first-order valence-electron chi connectivity index (χ1n) is 10.6. The first-order chi connectivity index (χ1) is 14.0. The van der Waals surface area contributed by atoms with E-state index in [2.05, 4.69) is 41.2 Å². The summed E-state index contributed by atoms with van der Waals surface area (Å²) in [5.74, 6) is 1.69. The second kappa shape index (κ2) is 10.4. The lowest BCUT2D eigenvalue weighted by Crippen LogP contribution is -2.43. The Labute approximate surface area is 174 Å². The van der Waals surface area contributed by atoms with Crippen LogP contribution in [-0.2, 0) is 11.3 Å². The normalized spacial score (nSPS) is 18.4. The Morgan fingerprint density at radius 2 is 2.14 bits per heavy atom. The van der Waals surface area contributed by atoms with E-state index in [9.17, 15) is 4.79 Å². The first-order valence-corrected chi connectivity index (χ1v) is 10.6. The van der Waals surface area contributed by atoms with Crippen LogP contribution in [-0.4, -0.2) is 36.0 Å². The molecule has 1 aliphatic heterocycles. The van der Waals surface area contributed by atoms with E-state index >= 15 is 0 Å². The van der Waals surface area contributed by atoms with Gasteiger partial charge in [0, 0.05) is 25.7 Å². The van der Waals surface area contributed by atoms with Crippen LogP contribution in [0.2, 0.25) is 0 Å². The van der Waals surface area contributed by atoms with Crippen molar-refractivity contribution in [3.63, 3.8) is 0 Å². The van der Waals surface area contributed by atoms with E-state index in [4.69, 9.17) is 4.74 Å². The van der Waals surface area contributed by atoms with Crippen molar-refractivity contribution in [3.8, 4) is 5.75 Å². The van der Waals surface area contributed by atoms with Crippen molar-refractivity contribution < 1.29 is 9.53 Å². The van der Waals surface area contributed by atoms with E-state index in [1.54, 1.807) is 7.11 Å². The largest absolute Gasteiger partial charge is 0.497 e. The van der Waals surface area contributed by atoms with E-state index in [0.29, 0.717) is 18.3 Å². The van der Waals surface area contributed by atoms with Crippen LogP contribution < -0.4 is 10.1 Å². The Morgan fingerprint density at radius 3 is 2.86 bits per heavy atom. The number of aromatic nitrogens is 1. The molecule has 1 amide bonds. The number of rotatable bonds is 8. The molecule has 1 saturated heterocycles. The van der Waals surface area contributed by atoms with Gasteiger partial charge >= 0.3 is 0 Å². The Balaban J connectivity index is 1.72. The summed E-state index contributed by atoms with van der Waals surface area (Å²) in [6.07, 6.45) is 4.58. The summed E-state index contributed by atoms with van der Waals surface area (Å²) in [7, 11) is 1.70. The number of piperidine rings is 1. The molecule has 1 fully saturated rings. The highest BCUT2D eigenvalue weighted by Crippen LogP contribution is 2.30. The number of carbonyl (C=O) groups is 1. The maximum Gasteiger partial charge on any atom is 0.220 e. The molecule has 0 saturated carbocycles. The standard InChI is InChI=1S/C24H33N3O2/c1-18(2)14-23(28)26-24(22-11-4-5-12-25-22)20-9-7-13-27(17-20)16-19-8-6-10-21(15-19)29-3/h4-6,8,10-12,15,18,20,24H,7,9,13-14,16-17H2,1-3H3,(H,26,28)/t20-,24+/m1/s1. The van der Waals surface area contributed by atoms with E-state index in [1.807, 2.05) is 36.5 Å². The van der Waals surface area contributed by atoms with Gasteiger partial charge in [0.1, 0.15) is 5.75 Å². The van der Waals surface area contributed by atoms with Crippen LogP contribution in [0, 0.1) is 11.8 Å². The lowest BCUT2D eigenvalue weighted by molar-refractivity contribution is -0.123. The minimum absolute atomic E-state index is 0.0458. The predicted octanol–water partition coefficient (Wildman–Crippen LogP) is 4.21. The summed E-state index contributed by atoms with van der Waals surface area (Å²) in [5, 5.41) is 3.29. The smallest absolute Gasteiger partial charge is 0.220 e. The molecule has 1 aliphatic rings. The molecule has 0 unspecified atom stereocenters. The summed E-state index contributed by atoms with van der Waals surface area (Å²) in [4.78, 5) is 19.6. The van der Waals surface area contributed by atoms with Gasteiger partial charge in [-0.15, -0.1) is 0 Å². The molecule has 5 nitrogen and oxygen atoms in total. The molecule has 2 aromatic rings. The topological polar surface area (TPSA) is 54.5 Å². The maximum atomic E-state index is 12.6. The van der Waals surface area contributed by atoms with Gasteiger partial charge in [-0.3, -0.25) is 14.7 Å². The third-order valence-electron chi connectivity index (χ3n) is 5.47. The van der Waals surface area contributed by atoms with Crippen LogP contribution in [0.3, 0.4) is 0 Å². The maximum absolute atomic E-state index is 12.6. The number of nitrogens with zero attached hydrogens (tertiary/aromatic N) is 2. The Hall–Kier alpha value is -2.40. The number of amides is 1. The van der Waals surface area contributed by atoms with Crippen LogP contribution >= 0.6 is 0 Å². The number of methoxy groups -OCH3 is 1. The average molecular weight is 396 g/mol. The zero-order chi connectivity index (χ0) is 20.6. The fraction of sp³-hybridized carbons (Fsp3) is 0.500. The van der Waals surface area contributed by atoms with Crippen molar-refractivity contribution in [2.24, 2.45) is 11.8 Å². The monoisotopic (exact) mass is 395 g/mol. The summed E-state index contributed by atoms with van der Waals surface area (Å²) >= 11 is 0. The van der Waals surface area contributed by atoms with Crippen molar-refractivity contribution in [2.45, 2.75) is 45.7 Å². The predicted molar refractivity (Wildman–Crippen MR) is 116 cm³/mol. The summed E-state index contributed by atoms with van der Waals surface area (Å²) in [6.45, 7) is 7.06. The number of hydrogen-bond donors (Lipinski definition) is 1. The summed E-state index contributed by atoms with van der Waals surface area (Å²) < 4.78 is 5.36. The van der Waals surface area contributed by atoms with Gasteiger partial charge < -0.3 is 10.1 Å². The van der Waals surface area contributed by atoms with Gasteiger partial charge in [-0.2, -0.15) is 0 Å². The molecule has 5 heteroatoms. The van der Waals surface area contributed by atoms with Crippen molar-refractivity contribution in [2.75, 3.05) is 20.2 Å². The zero-order valence-electron chi connectivity index (χ0n) is 17.8. The highest BCUT2D eigenvalue weighted by Gasteiger charge is 2.30. The minimum Gasteiger partial charge on any atom is -0.497 e. The lowest BCUT2D eigenvalue weighted by atomic mass is 9.88. The Morgan fingerprint density at radius 1 is 1.28 bits per heavy atom. The van der Waals surface area contributed by atoms with Crippen LogP contribution in [0.15, 0.2) is 48.7 Å². The second-order valence-corrected chi connectivity index (χ2v) is 8.39. The molecule has 1 aromatic heterocycles. The molecule has 3 rings (SSSR count). The van der Waals surface area contributed by atoms with Gasteiger partial charge in [0.2, 0.25) is 5.91 Å². The number of ether oxygens (including phenoxy) is 1.